The van der Waals surface area contributed by atoms with E-state index < -0.39 is 40.7 Å². The third-order valence-electron chi connectivity index (χ3n) is 4.26. The van der Waals surface area contributed by atoms with Gasteiger partial charge < -0.3 is 14.8 Å². The van der Waals surface area contributed by atoms with Gasteiger partial charge in [-0.1, -0.05) is 29.8 Å². The summed E-state index contributed by atoms with van der Waals surface area (Å²) in [6.07, 6.45) is -4.72. The molecule has 0 spiro atoms. The standard InChI is InChI=1S/C22H15ClF4N2O4/c1-32-17-7-2-3-8-18(17)33-16-10-9-12(22(25,26)27)11-15(16)28-21(31)29-20(30)19-13(23)5-4-6-14(19)24/h2-11H,1H3,(H2,28,29,30,31). The summed E-state index contributed by atoms with van der Waals surface area (Å²) in [5, 5.41) is 3.69. The minimum atomic E-state index is -4.72. The molecule has 2 N–H and O–H groups in total. The van der Waals surface area contributed by atoms with E-state index in [1.165, 1.54) is 25.3 Å². The first kappa shape index (κ1) is 23.9. The smallest absolute Gasteiger partial charge is 0.416 e. The highest BCUT2D eigenvalue weighted by atomic mass is 35.5. The van der Waals surface area contributed by atoms with E-state index in [1.54, 1.807) is 18.2 Å². The average Bonchev–Trinajstić information content (AvgIpc) is 2.74. The van der Waals surface area contributed by atoms with Crippen molar-refractivity contribution in [3.63, 3.8) is 0 Å². The van der Waals surface area contributed by atoms with Crippen molar-refractivity contribution in [3.05, 3.63) is 82.6 Å². The molecule has 6 nitrogen and oxygen atoms in total. The van der Waals surface area contributed by atoms with Crippen LogP contribution in [0.25, 0.3) is 0 Å². The molecule has 0 aliphatic rings. The Balaban J connectivity index is 1.89. The normalized spacial score (nSPS) is 11.0. The maximum absolute atomic E-state index is 13.9. The maximum atomic E-state index is 13.9. The summed E-state index contributed by atoms with van der Waals surface area (Å²) in [6.45, 7) is 0. The van der Waals surface area contributed by atoms with Crippen LogP contribution in [-0.2, 0) is 6.18 Å². The number of methoxy groups -OCH3 is 1. The summed E-state index contributed by atoms with van der Waals surface area (Å²) in [6, 6.07) is 11.0. The van der Waals surface area contributed by atoms with Crippen molar-refractivity contribution in [1.82, 2.24) is 5.32 Å². The third kappa shape index (κ3) is 5.72. The molecule has 33 heavy (non-hydrogen) atoms. The number of urea groups is 1. The number of nitrogens with one attached hydrogen (secondary N) is 2. The molecule has 0 aromatic heterocycles. The van der Waals surface area contributed by atoms with Crippen molar-refractivity contribution in [1.29, 1.82) is 0 Å². The fourth-order valence-corrected chi connectivity index (χ4v) is 3.00. The highest BCUT2D eigenvalue weighted by Crippen LogP contribution is 2.39. The summed E-state index contributed by atoms with van der Waals surface area (Å²) >= 11 is 5.79. The fourth-order valence-electron chi connectivity index (χ4n) is 2.75. The first-order valence-electron chi connectivity index (χ1n) is 9.18. The molecule has 0 aliphatic carbocycles. The van der Waals surface area contributed by atoms with Crippen LogP contribution in [0, 0.1) is 5.82 Å². The summed E-state index contributed by atoms with van der Waals surface area (Å²) in [7, 11) is 1.38. The number of carbonyl (C=O) groups excluding carboxylic acids is 2. The Morgan fingerprint density at radius 3 is 2.27 bits per heavy atom. The molecular weight excluding hydrogens is 468 g/mol. The SMILES string of the molecule is COc1ccccc1Oc1ccc(C(F)(F)F)cc1NC(=O)NC(=O)c1c(F)cccc1Cl. The molecule has 0 atom stereocenters. The first-order chi connectivity index (χ1) is 15.6. The van der Waals surface area contributed by atoms with E-state index in [-0.39, 0.29) is 22.3 Å². The van der Waals surface area contributed by atoms with Crippen molar-refractivity contribution >= 4 is 29.2 Å². The molecule has 0 unspecified atom stereocenters. The van der Waals surface area contributed by atoms with E-state index in [2.05, 4.69) is 5.32 Å². The Morgan fingerprint density at radius 2 is 1.64 bits per heavy atom. The first-order valence-corrected chi connectivity index (χ1v) is 9.56. The van der Waals surface area contributed by atoms with E-state index in [1.807, 2.05) is 5.32 Å². The molecular formula is C22H15ClF4N2O4. The van der Waals surface area contributed by atoms with Crippen LogP contribution in [0.15, 0.2) is 60.7 Å². The van der Waals surface area contributed by atoms with Crippen LogP contribution in [0.4, 0.5) is 28.0 Å². The zero-order chi connectivity index (χ0) is 24.2. The second-order valence-corrected chi connectivity index (χ2v) is 6.87. The van der Waals surface area contributed by atoms with Crippen molar-refractivity contribution in [2.45, 2.75) is 6.18 Å². The Bertz CT molecular complexity index is 1180. The molecule has 0 radical (unpaired) electrons. The van der Waals surface area contributed by atoms with Gasteiger partial charge >= 0.3 is 12.2 Å². The minimum Gasteiger partial charge on any atom is -0.493 e. The second kappa shape index (κ2) is 9.78. The van der Waals surface area contributed by atoms with Crippen LogP contribution >= 0.6 is 11.6 Å². The van der Waals surface area contributed by atoms with Gasteiger partial charge in [-0.15, -0.1) is 0 Å². The summed E-state index contributed by atoms with van der Waals surface area (Å²) in [4.78, 5) is 24.6. The molecule has 0 heterocycles. The lowest BCUT2D eigenvalue weighted by atomic mass is 10.1. The van der Waals surface area contributed by atoms with E-state index in [0.717, 1.165) is 18.2 Å². The number of alkyl halides is 3. The van der Waals surface area contributed by atoms with Crippen molar-refractivity contribution in [2.75, 3.05) is 12.4 Å². The molecule has 3 amide bonds. The lowest BCUT2D eigenvalue weighted by Crippen LogP contribution is -2.35. The van der Waals surface area contributed by atoms with E-state index in [0.29, 0.717) is 6.07 Å². The number of amides is 3. The monoisotopic (exact) mass is 482 g/mol. The number of benzene rings is 3. The quantitative estimate of drug-likeness (QED) is 0.421. The highest BCUT2D eigenvalue weighted by molar-refractivity contribution is 6.34. The van der Waals surface area contributed by atoms with Gasteiger partial charge in [-0.2, -0.15) is 13.2 Å². The Labute approximate surface area is 190 Å². The number of hydrogen-bond acceptors (Lipinski definition) is 4. The van der Waals surface area contributed by atoms with Crippen LogP contribution in [0.3, 0.4) is 0 Å². The van der Waals surface area contributed by atoms with Gasteiger partial charge in [-0.25, -0.2) is 9.18 Å². The molecule has 0 bridgehead atoms. The number of para-hydroxylation sites is 2. The Hall–Kier alpha value is -3.79. The molecule has 0 saturated carbocycles. The number of carbonyl (C=O) groups is 2. The second-order valence-electron chi connectivity index (χ2n) is 6.47. The van der Waals surface area contributed by atoms with Gasteiger partial charge in [0, 0.05) is 0 Å². The predicted octanol–water partition coefficient (Wildman–Crippen LogP) is 6.26. The van der Waals surface area contributed by atoms with Gasteiger partial charge in [-0.3, -0.25) is 10.1 Å². The zero-order valence-corrected chi connectivity index (χ0v) is 17.6. The predicted molar refractivity (Wildman–Crippen MR) is 112 cm³/mol. The lowest BCUT2D eigenvalue weighted by molar-refractivity contribution is -0.137. The number of ether oxygens (including phenoxy) is 2. The molecule has 172 valence electrons. The molecule has 0 fully saturated rings. The van der Waals surface area contributed by atoms with E-state index in [9.17, 15) is 27.2 Å². The number of hydrogen-bond donors (Lipinski definition) is 2. The summed E-state index contributed by atoms with van der Waals surface area (Å²) in [5.74, 6) is -1.88. The van der Waals surface area contributed by atoms with Crippen LogP contribution in [-0.4, -0.2) is 19.0 Å². The molecule has 3 aromatic rings. The summed E-state index contributed by atoms with van der Waals surface area (Å²) in [5.41, 5.74) is -2.07. The zero-order valence-electron chi connectivity index (χ0n) is 16.8. The van der Waals surface area contributed by atoms with Crippen LogP contribution in [0.1, 0.15) is 15.9 Å². The third-order valence-corrected chi connectivity index (χ3v) is 4.58. The Kier molecular flexibility index (Phi) is 7.07. The number of halogens is 5. The lowest BCUT2D eigenvalue weighted by Gasteiger charge is -2.16. The highest BCUT2D eigenvalue weighted by Gasteiger charge is 2.31. The van der Waals surface area contributed by atoms with Crippen LogP contribution in [0.2, 0.25) is 5.02 Å². The number of rotatable bonds is 5. The topological polar surface area (TPSA) is 76.7 Å². The molecule has 0 aliphatic heterocycles. The minimum absolute atomic E-state index is 0.164. The van der Waals surface area contributed by atoms with Gasteiger partial charge in [0.05, 0.1) is 28.9 Å². The Morgan fingerprint density at radius 1 is 0.939 bits per heavy atom. The molecule has 3 rings (SSSR count). The van der Waals surface area contributed by atoms with Crippen LogP contribution < -0.4 is 20.1 Å². The van der Waals surface area contributed by atoms with Crippen molar-refractivity contribution in [2.24, 2.45) is 0 Å². The number of anilines is 1. The molecule has 11 heteroatoms. The van der Waals surface area contributed by atoms with Gasteiger partial charge in [-0.05, 0) is 42.5 Å². The van der Waals surface area contributed by atoms with Gasteiger partial charge in [0.2, 0.25) is 0 Å². The van der Waals surface area contributed by atoms with E-state index in [4.69, 9.17) is 21.1 Å². The van der Waals surface area contributed by atoms with Gasteiger partial charge in [0.1, 0.15) is 5.82 Å². The van der Waals surface area contributed by atoms with Crippen molar-refractivity contribution in [3.8, 4) is 17.2 Å². The number of imide groups is 1. The van der Waals surface area contributed by atoms with Crippen molar-refractivity contribution < 1.29 is 36.6 Å². The molecule has 3 aromatic carbocycles. The fraction of sp³-hybridized carbons (Fsp3) is 0.0909. The van der Waals surface area contributed by atoms with Gasteiger partial charge in [0.25, 0.3) is 5.91 Å². The maximum Gasteiger partial charge on any atom is 0.416 e. The molecule has 0 saturated heterocycles. The average molecular weight is 483 g/mol. The largest absolute Gasteiger partial charge is 0.493 e. The van der Waals surface area contributed by atoms with E-state index >= 15 is 0 Å². The van der Waals surface area contributed by atoms with Gasteiger partial charge in [0.15, 0.2) is 17.2 Å². The van der Waals surface area contributed by atoms with Crippen LogP contribution in [0.5, 0.6) is 17.2 Å². The summed E-state index contributed by atoms with van der Waals surface area (Å²) < 4.78 is 64.3.